The van der Waals surface area contributed by atoms with Gasteiger partial charge in [0.2, 0.25) is 0 Å². The lowest BCUT2D eigenvalue weighted by Gasteiger charge is -2.44. The second-order valence-corrected chi connectivity index (χ2v) is 5.79. The molecular weight excluding hydrogens is 300 g/mol. The molecule has 0 radical (unpaired) electrons. The van der Waals surface area contributed by atoms with Gasteiger partial charge in [-0.2, -0.15) is 0 Å². The topological polar surface area (TPSA) is 63.2 Å². The second kappa shape index (κ2) is 7.40. The van der Waals surface area contributed by atoms with Crippen LogP contribution in [0.1, 0.15) is 25.8 Å². The summed E-state index contributed by atoms with van der Waals surface area (Å²) in [4.78, 5) is 11.4. The maximum absolute atomic E-state index is 11.4. The van der Waals surface area contributed by atoms with Crippen molar-refractivity contribution in [2.24, 2.45) is 0 Å². The molecule has 23 heavy (non-hydrogen) atoms. The molecule has 0 bridgehead atoms. The molecule has 0 saturated carbocycles. The molecule has 0 spiro atoms. The lowest BCUT2D eigenvalue weighted by atomic mass is 10.0. The zero-order chi connectivity index (χ0) is 16.2. The molecule has 1 aromatic carbocycles. The molecule has 1 unspecified atom stereocenters. The molecule has 0 aromatic heterocycles. The van der Waals surface area contributed by atoms with Crippen LogP contribution in [-0.2, 0) is 35.1 Å². The summed E-state index contributed by atoms with van der Waals surface area (Å²) in [6.07, 6.45) is -1.36. The number of rotatable bonds is 4. The van der Waals surface area contributed by atoms with E-state index in [1.54, 1.807) is 0 Å². The normalized spacial score (nSPS) is 33.7. The smallest absolute Gasteiger partial charge is 0.302 e. The van der Waals surface area contributed by atoms with Crippen LogP contribution in [0.5, 0.6) is 0 Å². The van der Waals surface area contributed by atoms with E-state index in [4.69, 9.17) is 23.7 Å². The molecule has 1 aromatic rings. The molecule has 2 aliphatic rings. The van der Waals surface area contributed by atoms with E-state index >= 15 is 0 Å². The van der Waals surface area contributed by atoms with Gasteiger partial charge >= 0.3 is 5.97 Å². The highest BCUT2D eigenvalue weighted by atomic mass is 16.7. The molecule has 5 atom stereocenters. The second-order valence-electron chi connectivity index (χ2n) is 5.79. The van der Waals surface area contributed by atoms with Crippen LogP contribution in [0.2, 0.25) is 0 Å². The maximum Gasteiger partial charge on any atom is 0.302 e. The van der Waals surface area contributed by atoms with Crippen LogP contribution in [0.3, 0.4) is 0 Å². The summed E-state index contributed by atoms with van der Waals surface area (Å²) >= 11 is 0. The number of esters is 1. The van der Waals surface area contributed by atoms with Crippen molar-refractivity contribution < 1.29 is 28.5 Å². The molecule has 3 rings (SSSR count). The average Bonchev–Trinajstić information content (AvgIpc) is 2.54. The van der Waals surface area contributed by atoms with Gasteiger partial charge in [0, 0.05) is 13.3 Å². The Hall–Kier alpha value is -1.47. The molecule has 6 heteroatoms. The van der Waals surface area contributed by atoms with Gasteiger partial charge < -0.3 is 23.7 Å². The number of carbonyl (C=O) groups is 1. The van der Waals surface area contributed by atoms with E-state index in [1.807, 2.05) is 37.3 Å². The van der Waals surface area contributed by atoms with Gasteiger partial charge in [-0.15, -0.1) is 0 Å². The summed E-state index contributed by atoms with van der Waals surface area (Å²) < 4.78 is 28.4. The Labute approximate surface area is 135 Å². The number of hydrogen-bond acceptors (Lipinski definition) is 6. The first-order valence-corrected chi connectivity index (χ1v) is 7.87. The van der Waals surface area contributed by atoms with Crippen LogP contribution in [0.15, 0.2) is 30.3 Å². The number of fused-ring (bicyclic) bond motifs is 1. The Morgan fingerprint density at radius 3 is 2.78 bits per heavy atom. The van der Waals surface area contributed by atoms with Crippen molar-refractivity contribution in [3.8, 4) is 0 Å². The number of benzene rings is 1. The Bertz CT molecular complexity index is 519. The zero-order valence-electron chi connectivity index (χ0n) is 13.3. The first-order valence-electron chi connectivity index (χ1n) is 7.87. The molecule has 6 nitrogen and oxygen atoms in total. The van der Waals surface area contributed by atoms with Crippen LogP contribution in [0.25, 0.3) is 0 Å². The van der Waals surface area contributed by atoms with Crippen molar-refractivity contribution >= 4 is 5.97 Å². The van der Waals surface area contributed by atoms with Gasteiger partial charge in [0.05, 0.1) is 13.2 Å². The van der Waals surface area contributed by atoms with E-state index in [2.05, 4.69) is 0 Å². The Morgan fingerprint density at radius 1 is 1.26 bits per heavy atom. The van der Waals surface area contributed by atoms with E-state index in [1.165, 1.54) is 6.92 Å². The fourth-order valence-corrected chi connectivity index (χ4v) is 2.89. The van der Waals surface area contributed by atoms with E-state index in [-0.39, 0.29) is 24.5 Å². The minimum atomic E-state index is -0.457. The summed E-state index contributed by atoms with van der Waals surface area (Å²) in [5.74, 6) is -0.333. The van der Waals surface area contributed by atoms with E-state index in [9.17, 15) is 4.79 Å². The molecule has 0 amide bonds. The Morgan fingerprint density at radius 2 is 2.04 bits per heavy atom. The van der Waals surface area contributed by atoms with E-state index in [0.717, 1.165) is 5.56 Å². The highest BCUT2D eigenvalue weighted by Gasteiger charge is 2.45. The van der Waals surface area contributed by atoms with Crippen molar-refractivity contribution in [1.82, 2.24) is 0 Å². The largest absolute Gasteiger partial charge is 0.459 e. The highest BCUT2D eigenvalue weighted by Crippen LogP contribution is 2.30. The third-order valence-corrected chi connectivity index (χ3v) is 3.92. The lowest BCUT2D eigenvalue weighted by Crippen LogP contribution is -2.57. The Kier molecular flexibility index (Phi) is 5.27. The van der Waals surface area contributed by atoms with Crippen LogP contribution in [0, 0.1) is 0 Å². The number of carbonyl (C=O) groups excluding carboxylic acids is 1. The van der Waals surface area contributed by atoms with Crippen molar-refractivity contribution in [1.29, 1.82) is 0 Å². The van der Waals surface area contributed by atoms with Gasteiger partial charge in [0.15, 0.2) is 12.6 Å². The molecule has 0 N–H and O–H groups in total. The third-order valence-electron chi connectivity index (χ3n) is 3.92. The summed E-state index contributed by atoms with van der Waals surface area (Å²) in [5, 5.41) is 0. The fourth-order valence-electron chi connectivity index (χ4n) is 2.89. The standard InChI is InChI=1S/C17H22O6/c1-11(18)21-14-8-16(20-9-13-6-4-3-5-7-13)23-15-10-19-12(2)22-17(14)15/h3-7,12,14-17H,8-10H2,1-2H3/t12?,14-,15-,16-,17+/m1/s1. The van der Waals surface area contributed by atoms with Gasteiger partial charge in [-0.25, -0.2) is 0 Å². The molecule has 2 fully saturated rings. The van der Waals surface area contributed by atoms with E-state index < -0.39 is 12.4 Å². The van der Waals surface area contributed by atoms with Gasteiger partial charge in [-0.3, -0.25) is 4.79 Å². The van der Waals surface area contributed by atoms with Gasteiger partial charge in [-0.1, -0.05) is 30.3 Å². The predicted octanol–water partition coefficient (Wildman–Crippen LogP) is 2.01. The SMILES string of the molecule is CC(=O)O[C@@H]1C[C@H](OCc2ccccc2)O[C@@H]2COC(C)O[C@@H]12. The molecule has 126 valence electrons. The quantitative estimate of drug-likeness (QED) is 0.790. The maximum atomic E-state index is 11.4. The van der Waals surface area contributed by atoms with Crippen molar-refractivity contribution in [3.05, 3.63) is 35.9 Å². The molecular formula is C17H22O6. The first kappa shape index (κ1) is 16.4. The minimum absolute atomic E-state index is 0.301. The van der Waals surface area contributed by atoms with Crippen LogP contribution >= 0.6 is 0 Å². The predicted molar refractivity (Wildman–Crippen MR) is 80.4 cm³/mol. The van der Waals surface area contributed by atoms with Crippen LogP contribution in [-0.4, -0.2) is 43.5 Å². The minimum Gasteiger partial charge on any atom is -0.459 e. The Balaban J connectivity index is 1.62. The number of ether oxygens (including phenoxy) is 5. The van der Waals surface area contributed by atoms with E-state index in [0.29, 0.717) is 19.6 Å². The fraction of sp³-hybridized carbons (Fsp3) is 0.588. The highest BCUT2D eigenvalue weighted by molar-refractivity contribution is 5.66. The first-order chi connectivity index (χ1) is 11.1. The lowest BCUT2D eigenvalue weighted by molar-refractivity contribution is -0.332. The summed E-state index contributed by atoms with van der Waals surface area (Å²) in [6.45, 7) is 4.05. The van der Waals surface area contributed by atoms with Crippen molar-refractivity contribution in [2.75, 3.05) is 6.61 Å². The molecule has 2 aliphatic heterocycles. The summed E-state index contributed by atoms with van der Waals surface area (Å²) in [6, 6.07) is 9.86. The molecule has 2 heterocycles. The average molecular weight is 322 g/mol. The number of hydrogen-bond donors (Lipinski definition) is 0. The van der Waals surface area contributed by atoms with Gasteiger partial charge in [0.25, 0.3) is 0 Å². The van der Waals surface area contributed by atoms with Crippen molar-refractivity contribution in [3.63, 3.8) is 0 Å². The van der Waals surface area contributed by atoms with Crippen LogP contribution in [0.4, 0.5) is 0 Å². The van der Waals surface area contributed by atoms with Crippen LogP contribution < -0.4 is 0 Å². The summed E-state index contributed by atoms with van der Waals surface area (Å²) in [7, 11) is 0. The zero-order valence-corrected chi connectivity index (χ0v) is 13.3. The molecule has 0 aliphatic carbocycles. The van der Waals surface area contributed by atoms with Gasteiger partial charge in [0.1, 0.15) is 18.3 Å². The molecule has 2 saturated heterocycles. The van der Waals surface area contributed by atoms with Gasteiger partial charge in [-0.05, 0) is 12.5 Å². The third kappa shape index (κ3) is 4.29. The summed E-state index contributed by atoms with van der Waals surface area (Å²) in [5.41, 5.74) is 1.06. The van der Waals surface area contributed by atoms with Crippen molar-refractivity contribution in [2.45, 2.75) is 57.8 Å². The monoisotopic (exact) mass is 322 g/mol.